The fourth-order valence-corrected chi connectivity index (χ4v) is 3.20. The molecule has 3 N–H and O–H groups in total. The fraction of sp³-hybridized carbons (Fsp3) is 0.923. The molecule has 2 fully saturated rings. The average molecular weight is 240 g/mol. The summed E-state index contributed by atoms with van der Waals surface area (Å²) in [4.78, 5) is 14.1. The minimum atomic E-state index is -0.345. The van der Waals surface area contributed by atoms with Gasteiger partial charge in [-0.25, -0.2) is 0 Å². The number of aliphatic hydroxyl groups excluding tert-OH is 1. The summed E-state index contributed by atoms with van der Waals surface area (Å²) in [5.41, 5.74) is 6.12. The Kier molecular flexibility index (Phi) is 4.40. The molecule has 0 bridgehead atoms. The molecular formula is C13H24N2O2. The molecule has 2 unspecified atom stereocenters. The molecule has 2 atom stereocenters. The van der Waals surface area contributed by atoms with Crippen LogP contribution in [0, 0.1) is 5.92 Å². The molecule has 2 rings (SSSR count). The third kappa shape index (κ3) is 2.80. The molecule has 17 heavy (non-hydrogen) atoms. The van der Waals surface area contributed by atoms with Crippen LogP contribution in [-0.2, 0) is 4.79 Å². The second kappa shape index (κ2) is 5.83. The summed E-state index contributed by atoms with van der Waals surface area (Å²) in [6.45, 7) is 0.841. The van der Waals surface area contributed by atoms with Crippen LogP contribution >= 0.6 is 0 Å². The number of nitrogens with zero attached hydrogens (tertiary/aromatic N) is 1. The zero-order valence-electron chi connectivity index (χ0n) is 10.5. The van der Waals surface area contributed by atoms with Crippen LogP contribution < -0.4 is 5.73 Å². The summed E-state index contributed by atoms with van der Waals surface area (Å²) in [5.74, 6) is 0.421. The van der Waals surface area contributed by atoms with Crippen molar-refractivity contribution in [1.29, 1.82) is 0 Å². The zero-order valence-corrected chi connectivity index (χ0v) is 10.5. The Bertz CT molecular complexity index is 264. The topological polar surface area (TPSA) is 66.6 Å². The number of amides is 1. The number of hydrogen-bond donors (Lipinski definition) is 2. The number of carbonyl (C=O) groups is 1. The van der Waals surface area contributed by atoms with E-state index in [0.29, 0.717) is 5.92 Å². The first-order chi connectivity index (χ1) is 8.24. The molecular weight excluding hydrogens is 216 g/mol. The number of rotatable bonds is 3. The molecule has 0 aromatic carbocycles. The van der Waals surface area contributed by atoms with E-state index in [1.807, 2.05) is 0 Å². The SMILES string of the molecule is NC(C(=O)N1CCCC1CO)C1CCCCC1. The Balaban J connectivity index is 1.93. The molecule has 0 aromatic rings. The van der Waals surface area contributed by atoms with Crippen LogP contribution in [0.25, 0.3) is 0 Å². The third-order valence-electron chi connectivity index (χ3n) is 4.31. The van der Waals surface area contributed by atoms with Crippen LogP contribution in [0.3, 0.4) is 0 Å². The van der Waals surface area contributed by atoms with Crippen molar-refractivity contribution < 1.29 is 9.90 Å². The highest BCUT2D eigenvalue weighted by atomic mass is 16.3. The number of carbonyl (C=O) groups excluding carboxylic acids is 1. The summed E-state index contributed by atoms with van der Waals surface area (Å²) in [5, 5.41) is 9.24. The Morgan fingerprint density at radius 1 is 1.24 bits per heavy atom. The van der Waals surface area contributed by atoms with Gasteiger partial charge in [0.2, 0.25) is 5.91 Å². The summed E-state index contributed by atoms with van der Waals surface area (Å²) >= 11 is 0. The Morgan fingerprint density at radius 3 is 2.59 bits per heavy atom. The van der Waals surface area contributed by atoms with Gasteiger partial charge < -0.3 is 15.7 Å². The largest absolute Gasteiger partial charge is 0.394 e. The predicted molar refractivity (Wildman–Crippen MR) is 66.4 cm³/mol. The van der Waals surface area contributed by atoms with Gasteiger partial charge in [0.05, 0.1) is 18.7 Å². The lowest BCUT2D eigenvalue weighted by Crippen LogP contribution is -2.50. The molecule has 1 aliphatic carbocycles. The predicted octanol–water partition coefficient (Wildman–Crippen LogP) is 0.877. The first-order valence-electron chi connectivity index (χ1n) is 6.91. The molecule has 0 radical (unpaired) electrons. The minimum absolute atomic E-state index is 0.0112. The smallest absolute Gasteiger partial charge is 0.240 e. The molecule has 1 heterocycles. The molecule has 1 saturated heterocycles. The Morgan fingerprint density at radius 2 is 1.94 bits per heavy atom. The number of nitrogens with two attached hydrogens (primary N) is 1. The molecule has 1 amide bonds. The lowest BCUT2D eigenvalue weighted by atomic mass is 9.83. The van der Waals surface area contributed by atoms with E-state index in [-0.39, 0.29) is 24.6 Å². The van der Waals surface area contributed by atoms with E-state index in [1.54, 1.807) is 4.90 Å². The molecule has 2 aliphatic rings. The van der Waals surface area contributed by atoms with Gasteiger partial charge in [-0.15, -0.1) is 0 Å². The van der Waals surface area contributed by atoms with E-state index in [2.05, 4.69) is 0 Å². The highest BCUT2D eigenvalue weighted by molar-refractivity contribution is 5.82. The lowest BCUT2D eigenvalue weighted by Gasteiger charge is -2.32. The van der Waals surface area contributed by atoms with Gasteiger partial charge in [-0.05, 0) is 31.6 Å². The Labute approximate surface area is 103 Å². The van der Waals surface area contributed by atoms with Gasteiger partial charge in [0.15, 0.2) is 0 Å². The van der Waals surface area contributed by atoms with Gasteiger partial charge in [0.1, 0.15) is 0 Å². The quantitative estimate of drug-likeness (QED) is 0.769. The standard InChI is InChI=1S/C13H24N2O2/c14-12(10-5-2-1-3-6-10)13(17)15-8-4-7-11(15)9-16/h10-12,16H,1-9,14H2. The summed E-state index contributed by atoms with van der Waals surface area (Å²) < 4.78 is 0. The molecule has 4 heteroatoms. The van der Waals surface area contributed by atoms with E-state index in [0.717, 1.165) is 32.2 Å². The van der Waals surface area contributed by atoms with E-state index in [4.69, 9.17) is 5.73 Å². The maximum absolute atomic E-state index is 12.3. The van der Waals surface area contributed by atoms with Gasteiger partial charge in [-0.1, -0.05) is 19.3 Å². The molecule has 98 valence electrons. The number of aliphatic hydroxyl groups is 1. The highest BCUT2D eigenvalue weighted by Gasteiger charge is 2.34. The van der Waals surface area contributed by atoms with Crippen molar-refractivity contribution >= 4 is 5.91 Å². The fourth-order valence-electron chi connectivity index (χ4n) is 3.20. The molecule has 4 nitrogen and oxygen atoms in total. The van der Waals surface area contributed by atoms with Gasteiger partial charge >= 0.3 is 0 Å². The van der Waals surface area contributed by atoms with E-state index in [1.165, 1.54) is 19.3 Å². The maximum atomic E-state index is 12.3. The zero-order chi connectivity index (χ0) is 12.3. The number of likely N-dealkylation sites (tertiary alicyclic amines) is 1. The molecule has 1 saturated carbocycles. The summed E-state index contributed by atoms with van der Waals surface area (Å²) in [6.07, 6.45) is 7.77. The van der Waals surface area contributed by atoms with Crippen LogP contribution in [0.15, 0.2) is 0 Å². The average Bonchev–Trinajstić information content (AvgIpc) is 2.86. The van der Waals surface area contributed by atoms with Crippen molar-refractivity contribution in [1.82, 2.24) is 4.90 Å². The minimum Gasteiger partial charge on any atom is -0.394 e. The Hall–Kier alpha value is -0.610. The maximum Gasteiger partial charge on any atom is 0.240 e. The van der Waals surface area contributed by atoms with Crippen molar-refractivity contribution in [2.45, 2.75) is 57.0 Å². The van der Waals surface area contributed by atoms with Crippen LogP contribution in [0.1, 0.15) is 44.9 Å². The summed E-state index contributed by atoms with van der Waals surface area (Å²) in [6, 6.07) is -0.334. The lowest BCUT2D eigenvalue weighted by molar-refractivity contribution is -0.135. The second-order valence-corrected chi connectivity index (χ2v) is 5.43. The molecule has 1 aliphatic heterocycles. The van der Waals surface area contributed by atoms with Gasteiger partial charge in [-0.3, -0.25) is 4.79 Å². The first-order valence-corrected chi connectivity index (χ1v) is 6.91. The first kappa shape index (κ1) is 12.8. The van der Waals surface area contributed by atoms with E-state index < -0.39 is 0 Å². The highest BCUT2D eigenvalue weighted by Crippen LogP contribution is 2.28. The van der Waals surface area contributed by atoms with Crippen LogP contribution in [0.2, 0.25) is 0 Å². The van der Waals surface area contributed by atoms with Crippen molar-refractivity contribution in [2.75, 3.05) is 13.2 Å². The normalized spacial score (nSPS) is 28.4. The van der Waals surface area contributed by atoms with Gasteiger partial charge in [0, 0.05) is 6.54 Å². The second-order valence-electron chi connectivity index (χ2n) is 5.43. The van der Waals surface area contributed by atoms with E-state index in [9.17, 15) is 9.90 Å². The van der Waals surface area contributed by atoms with Crippen molar-refractivity contribution in [3.8, 4) is 0 Å². The van der Waals surface area contributed by atoms with Crippen LogP contribution in [0.5, 0.6) is 0 Å². The number of hydrogen-bond acceptors (Lipinski definition) is 3. The van der Waals surface area contributed by atoms with Crippen molar-refractivity contribution in [3.63, 3.8) is 0 Å². The van der Waals surface area contributed by atoms with Crippen molar-refractivity contribution in [3.05, 3.63) is 0 Å². The van der Waals surface area contributed by atoms with Crippen molar-refractivity contribution in [2.24, 2.45) is 11.7 Å². The van der Waals surface area contributed by atoms with Gasteiger partial charge in [-0.2, -0.15) is 0 Å². The van der Waals surface area contributed by atoms with Gasteiger partial charge in [0.25, 0.3) is 0 Å². The van der Waals surface area contributed by atoms with Crippen LogP contribution in [-0.4, -0.2) is 41.1 Å². The summed E-state index contributed by atoms with van der Waals surface area (Å²) in [7, 11) is 0. The monoisotopic (exact) mass is 240 g/mol. The van der Waals surface area contributed by atoms with E-state index >= 15 is 0 Å². The van der Waals surface area contributed by atoms with Crippen LogP contribution in [0.4, 0.5) is 0 Å². The molecule has 0 aromatic heterocycles. The third-order valence-corrected chi connectivity index (χ3v) is 4.31. The molecule has 0 spiro atoms.